The summed E-state index contributed by atoms with van der Waals surface area (Å²) in [6, 6.07) is 6.54. The average molecular weight is 284 g/mol. The van der Waals surface area contributed by atoms with Crippen molar-refractivity contribution in [1.29, 1.82) is 0 Å². The Morgan fingerprint density at radius 2 is 2.11 bits per heavy atom. The van der Waals surface area contributed by atoms with Gasteiger partial charge in [-0.25, -0.2) is 13.1 Å². The fraction of sp³-hybridized carbons (Fsp3) is 0.538. The van der Waals surface area contributed by atoms with E-state index < -0.39 is 10.0 Å². The van der Waals surface area contributed by atoms with E-state index in [1.165, 1.54) is 0 Å². The zero-order chi connectivity index (χ0) is 13.7. The highest BCUT2D eigenvalue weighted by atomic mass is 32.2. The SMILES string of the molecule is CCNS(=O)(=O)c1ccc(OCC2CCNC2)cc1. The monoisotopic (exact) mass is 284 g/mol. The van der Waals surface area contributed by atoms with Crippen molar-refractivity contribution in [2.24, 2.45) is 5.92 Å². The van der Waals surface area contributed by atoms with Crippen molar-refractivity contribution in [2.75, 3.05) is 26.2 Å². The Bertz CT molecular complexity index is 493. The van der Waals surface area contributed by atoms with Crippen molar-refractivity contribution in [1.82, 2.24) is 10.0 Å². The van der Waals surface area contributed by atoms with Crippen LogP contribution in [0.4, 0.5) is 0 Å². The van der Waals surface area contributed by atoms with Gasteiger partial charge in [0.05, 0.1) is 11.5 Å². The maximum Gasteiger partial charge on any atom is 0.240 e. The zero-order valence-electron chi connectivity index (χ0n) is 11.1. The van der Waals surface area contributed by atoms with E-state index in [4.69, 9.17) is 4.74 Å². The maximum atomic E-state index is 11.8. The fourth-order valence-electron chi connectivity index (χ4n) is 2.06. The summed E-state index contributed by atoms with van der Waals surface area (Å²) in [4.78, 5) is 0.268. The predicted molar refractivity (Wildman–Crippen MR) is 73.8 cm³/mol. The highest BCUT2D eigenvalue weighted by molar-refractivity contribution is 7.89. The number of ether oxygens (including phenoxy) is 1. The van der Waals surface area contributed by atoms with Crippen molar-refractivity contribution >= 4 is 10.0 Å². The van der Waals surface area contributed by atoms with Gasteiger partial charge in [-0.3, -0.25) is 0 Å². The molecule has 0 aromatic heterocycles. The van der Waals surface area contributed by atoms with E-state index in [2.05, 4.69) is 10.0 Å². The van der Waals surface area contributed by atoms with Gasteiger partial charge >= 0.3 is 0 Å². The highest BCUT2D eigenvalue weighted by Gasteiger charge is 2.15. The Morgan fingerprint density at radius 1 is 1.37 bits per heavy atom. The molecule has 0 aliphatic carbocycles. The lowest BCUT2D eigenvalue weighted by molar-refractivity contribution is 0.260. The van der Waals surface area contributed by atoms with Crippen LogP contribution in [0.3, 0.4) is 0 Å². The first-order valence-electron chi connectivity index (χ1n) is 6.55. The predicted octanol–water partition coefficient (Wildman–Crippen LogP) is 0.973. The topological polar surface area (TPSA) is 67.4 Å². The molecule has 1 heterocycles. The van der Waals surface area contributed by atoms with Crippen LogP contribution in [0.2, 0.25) is 0 Å². The number of benzene rings is 1. The molecule has 106 valence electrons. The Balaban J connectivity index is 1.94. The second kappa shape index (κ2) is 6.36. The fourth-order valence-corrected chi connectivity index (χ4v) is 3.10. The van der Waals surface area contributed by atoms with Gasteiger partial charge in [0.15, 0.2) is 0 Å². The lowest BCUT2D eigenvalue weighted by Crippen LogP contribution is -2.23. The first-order valence-corrected chi connectivity index (χ1v) is 8.03. The summed E-state index contributed by atoms with van der Waals surface area (Å²) in [5, 5.41) is 3.28. The summed E-state index contributed by atoms with van der Waals surface area (Å²) in [5.41, 5.74) is 0. The van der Waals surface area contributed by atoms with E-state index in [0.29, 0.717) is 24.8 Å². The molecule has 0 radical (unpaired) electrons. The smallest absolute Gasteiger partial charge is 0.240 e. The van der Waals surface area contributed by atoms with Gasteiger partial charge in [0, 0.05) is 19.0 Å². The third-order valence-electron chi connectivity index (χ3n) is 3.12. The minimum absolute atomic E-state index is 0.268. The summed E-state index contributed by atoms with van der Waals surface area (Å²) in [6.07, 6.45) is 1.13. The number of rotatable bonds is 6. The lowest BCUT2D eigenvalue weighted by atomic mass is 10.1. The first kappa shape index (κ1) is 14.3. The number of nitrogens with one attached hydrogen (secondary N) is 2. The Morgan fingerprint density at radius 3 is 2.68 bits per heavy atom. The van der Waals surface area contributed by atoms with E-state index in [0.717, 1.165) is 19.5 Å². The van der Waals surface area contributed by atoms with Crippen LogP contribution < -0.4 is 14.8 Å². The molecule has 1 fully saturated rings. The summed E-state index contributed by atoms with van der Waals surface area (Å²) in [6.45, 7) is 4.85. The molecule has 1 aliphatic rings. The van der Waals surface area contributed by atoms with Gasteiger partial charge in [0.25, 0.3) is 0 Å². The van der Waals surface area contributed by atoms with E-state index in [1.807, 2.05) is 0 Å². The molecule has 2 N–H and O–H groups in total. The molecular weight excluding hydrogens is 264 g/mol. The molecule has 1 aromatic rings. The molecule has 1 aliphatic heterocycles. The van der Waals surface area contributed by atoms with Gasteiger partial charge in [0.1, 0.15) is 5.75 Å². The molecule has 6 heteroatoms. The molecule has 1 aromatic carbocycles. The van der Waals surface area contributed by atoms with Crippen molar-refractivity contribution in [3.63, 3.8) is 0 Å². The molecule has 0 bridgehead atoms. The second-order valence-electron chi connectivity index (χ2n) is 4.64. The van der Waals surface area contributed by atoms with Gasteiger partial charge in [-0.1, -0.05) is 6.92 Å². The van der Waals surface area contributed by atoms with E-state index in [-0.39, 0.29) is 4.90 Å². The summed E-state index contributed by atoms with van der Waals surface area (Å²) in [5.74, 6) is 1.26. The van der Waals surface area contributed by atoms with Crippen LogP contribution in [0, 0.1) is 5.92 Å². The summed E-state index contributed by atoms with van der Waals surface area (Å²) in [7, 11) is -3.37. The molecule has 1 atom stereocenters. The normalized spacial score (nSPS) is 19.5. The highest BCUT2D eigenvalue weighted by Crippen LogP contribution is 2.17. The van der Waals surface area contributed by atoms with Crippen molar-refractivity contribution < 1.29 is 13.2 Å². The summed E-state index contributed by atoms with van der Waals surface area (Å²) >= 11 is 0. The molecule has 0 spiro atoms. The van der Waals surface area contributed by atoms with Crippen molar-refractivity contribution in [3.8, 4) is 5.75 Å². The average Bonchev–Trinajstić information content (AvgIpc) is 2.90. The molecule has 2 rings (SSSR count). The Kier molecular flexibility index (Phi) is 4.79. The van der Waals surface area contributed by atoms with Crippen molar-refractivity contribution in [2.45, 2.75) is 18.2 Å². The maximum absolute atomic E-state index is 11.8. The lowest BCUT2D eigenvalue weighted by Gasteiger charge is -2.11. The van der Waals surface area contributed by atoms with Crippen molar-refractivity contribution in [3.05, 3.63) is 24.3 Å². The molecule has 0 amide bonds. The zero-order valence-corrected chi connectivity index (χ0v) is 11.9. The van der Waals surface area contributed by atoms with Gasteiger partial charge in [0.2, 0.25) is 10.0 Å². The standard InChI is InChI=1S/C13H20N2O3S/c1-2-15-19(16,17)13-5-3-12(4-6-13)18-10-11-7-8-14-9-11/h3-6,11,14-15H,2,7-10H2,1H3. The second-order valence-corrected chi connectivity index (χ2v) is 6.41. The molecule has 19 heavy (non-hydrogen) atoms. The van der Waals surface area contributed by atoms with Crippen LogP contribution in [0.15, 0.2) is 29.2 Å². The molecule has 5 nitrogen and oxygen atoms in total. The molecular formula is C13H20N2O3S. The third-order valence-corrected chi connectivity index (χ3v) is 4.68. The molecule has 1 saturated heterocycles. The molecule has 1 unspecified atom stereocenters. The van der Waals surface area contributed by atoms with Crippen LogP contribution in [0.25, 0.3) is 0 Å². The summed E-state index contributed by atoms with van der Waals surface area (Å²) < 4.78 is 31.6. The minimum atomic E-state index is -3.37. The van der Waals surface area contributed by atoms with Crippen LogP contribution in [-0.2, 0) is 10.0 Å². The van der Waals surface area contributed by atoms with Crippen LogP contribution in [0.1, 0.15) is 13.3 Å². The Labute approximate surface area is 114 Å². The number of sulfonamides is 1. The number of hydrogen-bond donors (Lipinski definition) is 2. The van der Waals surface area contributed by atoms with E-state index in [1.54, 1.807) is 31.2 Å². The van der Waals surface area contributed by atoms with Gasteiger partial charge in [-0.2, -0.15) is 0 Å². The first-order chi connectivity index (χ1) is 9.12. The van der Waals surface area contributed by atoms with Crippen LogP contribution in [0.5, 0.6) is 5.75 Å². The van der Waals surface area contributed by atoms with Gasteiger partial charge < -0.3 is 10.1 Å². The van der Waals surface area contributed by atoms with E-state index >= 15 is 0 Å². The Hall–Kier alpha value is -1.11. The quantitative estimate of drug-likeness (QED) is 0.817. The largest absolute Gasteiger partial charge is 0.493 e. The van der Waals surface area contributed by atoms with Crippen LogP contribution in [-0.4, -0.2) is 34.7 Å². The van der Waals surface area contributed by atoms with E-state index in [9.17, 15) is 8.42 Å². The third kappa shape index (κ3) is 3.92. The number of hydrogen-bond acceptors (Lipinski definition) is 4. The van der Waals surface area contributed by atoms with Crippen LogP contribution >= 0.6 is 0 Å². The van der Waals surface area contributed by atoms with Gasteiger partial charge in [-0.05, 0) is 37.2 Å². The minimum Gasteiger partial charge on any atom is -0.493 e. The van der Waals surface area contributed by atoms with Gasteiger partial charge in [-0.15, -0.1) is 0 Å². The molecule has 0 saturated carbocycles.